The van der Waals surface area contributed by atoms with Crippen LogP contribution in [0.5, 0.6) is 5.75 Å². The SMILES string of the molecule is N#Cc1ccc(N=C2Sc3cccc4c(O)ccc2c34)cc1. The molecule has 22 heavy (non-hydrogen) atoms. The zero-order valence-corrected chi connectivity index (χ0v) is 12.3. The summed E-state index contributed by atoms with van der Waals surface area (Å²) in [5, 5.41) is 21.7. The molecule has 0 unspecified atom stereocenters. The maximum atomic E-state index is 10.0. The minimum absolute atomic E-state index is 0.292. The fourth-order valence-corrected chi connectivity index (χ4v) is 3.70. The number of phenols is 1. The summed E-state index contributed by atoms with van der Waals surface area (Å²) < 4.78 is 0. The van der Waals surface area contributed by atoms with Crippen LogP contribution in [0.25, 0.3) is 10.8 Å². The van der Waals surface area contributed by atoms with Crippen molar-refractivity contribution in [2.45, 2.75) is 4.90 Å². The molecule has 0 aliphatic carbocycles. The van der Waals surface area contributed by atoms with Crippen LogP contribution in [-0.4, -0.2) is 10.2 Å². The lowest BCUT2D eigenvalue weighted by molar-refractivity contribution is 0.481. The molecule has 3 aromatic rings. The van der Waals surface area contributed by atoms with Gasteiger partial charge in [-0.15, -0.1) is 0 Å². The van der Waals surface area contributed by atoms with Crippen molar-refractivity contribution in [1.29, 1.82) is 5.26 Å². The second-order valence-corrected chi connectivity index (χ2v) is 6.02. The monoisotopic (exact) mass is 302 g/mol. The molecule has 0 radical (unpaired) electrons. The zero-order chi connectivity index (χ0) is 15.1. The first-order valence-electron chi connectivity index (χ1n) is 6.78. The molecule has 3 nitrogen and oxygen atoms in total. The van der Waals surface area contributed by atoms with Crippen molar-refractivity contribution in [3.05, 3.63) is 65.7 Å². The Morgan fingerprint density at radius 1 is 1.00 bits per heavy atom. The molecule has 4 heteroatoms. The molecule has 3 aromatic carbocycles. The second kappa shape index (κ2) is 4.90. The van der Waals surface area contributed by atoms with E-state index in [1.807, 2.05) is 36.4 Å². The number of aliphatic imine (C=N–C) groups is 1. The van der Waals surface area contributed by atoms with Crippen LogP contribution in [0.3, 0.4) is 0 Å². The van der Waals surface area contributed by atoms with Gasteiger partial charge in [0.25, 0.3) is 0 Å². The molecule has 0 fully saturated rings. The van der Waals surface area contributed by atoms with Gasteiger partial charge in [0, 0.05) is 21.2 Å². The average Bonchev–Trinajstić information content (AvgIpc) is 2.90. The molecule has 0 atom stereocenters. The average molecular weight is 302 g/mol. The number of aromatic hydroxyl groups is 1. The molecular weight excluding hydrogens is 292 g/mol. The van der Waals surface area contributed by atoms with Crippen molar-refractivity contribution in [3.8, 4) is 11.8 Å². The maximum Gasteiger partial charge on any atom is 0.123 e. The number of phenolic OH excluding ortho intramolecular Hbond substituents is 1. The first-order chi connectivity index (χ1) is 10.8. The minimum Gasteiger partial charge on any atom is -0.507 e. The highest BCUT2D eigenvalue weighted by Gasteiger charge is 2.22. The standard InChI is InChI=1S/C18H10N2OS/c19-10-11-4-6-12(7-5-11)20-18-14-8-9-15(21)13-2-1-3-16(22-18)17(13)14/h1-9,21H. The quantitative estimate of drug-likeness (QED) is 0.714. The Morgan fingerprint density at radius 3 is 2.59 bits per heavy atom. The van der Waals surface area contributed by atoms with E-state index in [-0.39, 0.29) is 0 Å². The van der Waals surface area contributed by atoms with E-state index < -0.39 is 0 Å². The largest absolute Gasteiger partial charge is 0.507 e. The van der Waals surface area contributed by atoms with Crippen molar-refractivity contribution in [1.82, 2.24) is 0 Å². The van der Waals surface area contributed by atoms with Crippen molar-refractivity contribution in [2.75, 3.05) is 0 Å². The van der Waals surface area contributed by atoms with Gasteiger partial charge in [-0.3, -0.25) is 0 Å². The van der Waals surface area contributed by atoms with E-state index in [1.54, 1.807) is 30.0 Å². The number of hydrogen-bond donors (Lipinski definition) is 1. The fraction of sp³-hybridized carbons (Fsp3) is 0. The summed E-state index contributed by atoms with van der Waals surface area (Å²) in [5.74, 6) is 0.292. The number of nitrogens with zero attached hydrogens (tertiary/aromatic N) is 2. The van der Waals surface area contributed by atoms with Crippen molar-refractivity contribution < 1.29 is 5.11 Å². The summed E-state index contributed by atoms with van der Waals surface area (Å²) >= 11 is 1.60. The number of nitriles is 1. The molecular formula is C18H10N2OS. The molecule has 1 heterocycles. The van der Waals surface area contributed by atoms with E-state index in [9.17, 15) is 5.11 Å². The van der Waals surface area contributed by atoms with Gasteiger partial charge in [0.2, 0.25) is 0 Å². The highest BCUT2D eigenvalue weighted by Crippen LogP contribution is 2.44. The molecule has 1 aliphatic heterocycles. The smallest absolute Gasteiger partial charge is 0.123 e. The molecule has 1 aliphatic rings. The van der Waals surface area contributed by atoms with Crippen LogP contribution in [0, 0.1) is 11.3 Å². The fourth-order valence-electron chi connectivity index (χ4n) is 2.59. The van der Waals surface area contributed by atoms with E-state index in [0.29, 0.717) is 11.3 Å². The molecule has 104 valence electrons. The summed E-state index contributed by atoms with van der Waals surface area (Å²) in [4.78, 5) is 5.80. The molecule has 0 saturated heterocycles. The van der Waals surface area contributed by atoms with Crippen LogP contribution in [0.2, 0.25) is 0 Å². The number of rotatable bonds is 1. The summed E-state index contributed by atoms with van der Waals surface area (Å²) in [6.07, 6.45) is 0. The lowest BCUT2D eigenvalue weighted by Gasteiger charge is -2.02. The molecule has 0 amide bonds. The van der Waals surface area contributed by atoms with Gasteiger partial charge < -0.3 is 5.11 Å². The van der Waals surface area contributed by atoms with Crippen LogP contribution in [0.4, 0.5) is 5.69 Å². The first-order valence-corrected chi connectivity index (χ1v) is 7.60. The topological polar surface area (TPSA) is 56.4 Å². The molecule has 4 rings (SSSR count). The Kier molecular flexibility index (Phi) is 2.88. The molecule has 0 saturated carbocycles. The lowest BCUT2D eigenvalue weighted by Crippen LogP contribution is -1.89. The summed E-state index contributed by atoms with van der Waals surface area (Å²) in [5.41, 5.74) is 2.48. The van der Waals surface area contributed by atoms with Crippen LogP contribution < -0.4 is 0 Å². The van der Waals surface area contributed by atoms with E-state index >= 15 is 0 Å². The van der Waals surface area contributed by atoms with E-state index in [2.05, 4.69) is 6.07 Å². The van der Waals surface area contributed by atoms with E-state index in [4.69, 9.17) is 10.3 Å². The van der Waals surface area contributed by atoms with E-state index in [0.717, 1.165) is 32.0 Å². The van der Waals surface area contributed by atoms with Gasteiger partial charge in [0.1, 0.15) is 10.8 Å². The summed E-state index contributed by atoms with van der Waals surface area (Å²) in [6.45, 7) is 0. The zero-order valence-electron chi connectivity index (χ0n) is 11.4. The van der Waals surface area contributed by atoms with Crippen LogP contribution >= 0.6 is 11.8 Å². The van der Waals surface area contributed by atoms with Crippen molar-refractivity contribution in [3.63, 3.8) is 0 Å². The second-order valence-electron chi connectivity index (χ2n) is 4.99. The van der Waals surface area contributed by atoms with Crippen LogP contribution in [0.1, 0.15) is 11.1 Å². The van der Waals surface area contributed by atoms with Gasteiger partial charge in [-0.2, -0.15) is 5.26 Å². The predicted molar refractivity (Wildman–Crippen MR) is 88.8 cm³/mol. The van der Waals surface area contributed by atoms with Gasteiger partial charge in [-0.25, -0.2) is 4.99 Å². The molecule has 1 N–H and O–H groups in total. The van der Waals surface area contributed by atoms with Gasteiger partial charge >= 0.3 is 0 Å². The third-order valence-electron chi connectivity index (χ3n) is 3.64. The van der Waals surface area contributed by atoms with Crippen LogP contribution in [0.15, 0.2) is 64.5 Å². The summed E-state index contributed by atoms with van der Waals surface area (Å²) in [7, 11) is 0. The van der Waals surface area contributed by atoms with Gasteiger partial charge in [0.05, 0.1) is 17.3 Å². The number of thioether (sulfide) groups is 1. The van der Waals surface area contributed by atoms with Crippen molar-refractivity contribution >= 4 is 33.3 Å². The van der Waals surface area contributed by atoms with Gasteiger partial charge in [-0.1, -0.05) is 23.9 Å². The maximum absolute atomic E-state index is 10.0. The predicted octanol–water partition coefficient (Wildman–Crippen LogP) is 4.60. The Hall–Kier alpha value is -2.77. The van der Waals surface area contributed by atoms with Gasteiger partial charge in [-0.05, 0) is 42.5 Å². The third kappa shape index (κ3) is 1.95. The molecule has 0 bridgehead atoms. The third-order valence-corrected chi connectivity index (χ3v) is 4.71. The number of benzene rings is 3. The van der Waals surface area contributed by atoms with Crippen molar-refractivity contribution in [2.24, 2.45) is 4.99 Å². The normalized spacial score (nSPS) is 14.4. The highest BCUT2D eigenvalue weighted by atomic mass is 32.2. The lowest BCUT2D eigenvalue weighted by atomic mass is 10.0. The Labute approximate surface area is 131 Å². The van der Waals surface area contributed by atoms with Gasteiger partial charge in [0.15, 0.2) is 0 Å². The molecule has 0 spiro atoms. The summed E-state index contributed by atoms with van der Waals surface area (Å²) in [6, 6.07) is 18.8. The van der Waals surface area contributed by atoms with E-state index in [1.165, 1.54) is 0 Å². The Bertz CT molecular complexity index is 969. The van der Waals surface area contributed by atoms with Crippen LogP contribution in [-0.2, 0) is 0 Å². The molecule has 0 aromatic heterocycles. The Balaban J connectivity index is 1.86. The minimum atomic E-state index is 0.292. The highest BCUT2D eigenvalue weighted by molar-refractivity contribution is 8.15. The first kappa shape index (κ1) is 12.9. The Morgan fingerprint density at radius 2 is 1.82 bits per heavy atom. The number of hydrogen-bond acceptors (Lipinski definition) is 4.